The summed E-state index contributed by atoms with van der Waals surface area (Å²) in [5.41, 5.74) is 6.16. The molecule has 158 valence electrons. The molecule has 0 radical (unpaired) electrons. The van der Waals surface area contributed by atoms with Crippen LogP contribution >= 0.6 is 11.6 Å². The smallest absolute Gasteiger partial charge is 0.330 e. The molecule has 0 saturated heterocycles. The number of alkyl halides is 3. The van der Waals surface area contributed by atoms with E-state index in [9.17, 15) is 17.6 Å². The average Bonchev–Trinajstić information content (AvgIpc) is 3.13. The van der Waals surface area contributed by atoms with Crippen molar-refractivity contribution in [2.75, 3.05) is 13.1 Å². The molecule has 2 heterocycles. The number of fused-ring (bicyclic) bond motifs is 1. The molecule has 0 spiro atoms. The van der Waals surface area contributed by atoms with E-state index in [4.69, 9.17) is 17.3 Å². The monoisotopic (exact) mass is 431 g/mol. The predicted molar refractivity (Wildman–Crippen MR) is 99.8 cm³/mol. The van der Waals surface area contributed by atoms with Crippen LogP contribution in [0.3, 0.4) is 0 Å². The van der Waals surface area contributed by atoms with E-state index in [0.29, 0.717) is 48.9 Å². The van der Waals surface area contributed by atoms with E-state index in [1.165, 1.54) is 12.1 Å². The molecular formula is C19H22ClF4N5. The van der Waals surface area contributed by atoms with Gasteiger partial charge in [0.15, 0.2) is 0 Å². The highest BCUT2D eigenvalue weighted by molar-refractivity contribution is 6.30. The van der Waals surface area contributed by atoms with E-state index < -0.39 is 17.4 Å². The Balaban J connectivity index is 1.47. The molecule has 1 aromatic heterocycles. The molecule has 1 aliphatic carbocycles. The quantitative estimate of drug-likeness (QED) is 0.752. The van der Waals surface area contributed by atoms with Crippen molar-refractivity contribution < 1.29 is 17.6 Å². The predicted octanol–water partition coefficient (Wildman–Crippen LogP) is 3.74. The lowest BCUT2D eigenvalue weighted by Gasteiger charge is -2.44. The Labute approximate surface area is 170 Å². The summed E-state index contributed by atoms with van der Waals surface area (Å²) in [4.78, 5) is 2.15. The summed E-state index contributed by atoms with van der Waals surface area (Å²) < 4.78 is 54.7. The van der Waals surface area contributed by atoms with Crippen LogP contribution in [0.15, 0.2) is 18.2 Å². The van der Waals surface area contributed by atoms with Crippen molar-refractivity contribution in [3.63, 3.8) is 0 Å². The van der Waals surface area contributed by atoms with E-state index in [1.54, 1.807) is 6.07 Å². The van der Waals surface area contributed by atoms with Crippen molar-refractivity contribution in [2.45, 2.75) is 56.4 Å². The van der Waals surface area contributed by atoms with Crippen LogP contribution in [0.1, 0.15) is 42.9 Å². The second kappa shape index (κ2) is 7.52. The summed E-state index contributed by atoms with van der Waals surface area (Å²) in [5, 5.41) is 7.56. The average molecular weight is 432 g/mol. The zero-order valence-corrected chi connectivity index (χ0v) is 16.5. The number of nitrogens with two attached hydrogens (primary N) is 1. The third kappa shape index (κ3) is 3.75. The molecule has 0 bridgehead atoms. The summed E-state index contributed by atoms with van der Waals surface area (Å²) in [7, 11) is 0. The zero-order chi connectivity index (χ0) is 20.8. The van der Waals surface area contributed by atoms with Crippen molar-refractivity contribution in [1.82, 2.24) is 19.7 Å². The van der Waals surface area contributed by atoms with Crippen molar-refractivity contribution in [3.8, 4) is 0 Å². The molecule has 0 atom stereocenters. The van der Waals surface area contributed by atoms with Gasteiger partial charge in [-0.05, 0) is 49.4 Å². The van der Waals surface area contributed by atoms with Crippen LogP contribution in [0.25, 0.3) is 0 Å². The second-order valence-corrected chi connectivity index (χ2v) is 8.34. The normalized spacial score (nSPS) is 25.8. The number of benzene rings is 1. The van der Waals surface area contributed by atoms with Crippen molar-refractivity contribution in [3.05, 3.63) is 46.3 Å². The minimum absolute atomic E-state index is 0.191. The van der Waals surface area contributed by atoms with Gasteiger partial charge in [-0.3, -0.25) is 4.90 Å². The van der Waals surface area contributed by atoms with Crippen molar-refractivity contribution in [1.29, 1.82) is 0 Å². The fourth-order valence-corrected chi connectivity index (χ4v) is 4.88. The molecule has 1 aliphatic heterocycles. The maximum atomic E-state index is 14.5. The third-order valence-electron chi connectivity index (χ3n) is 6.36. The number of aromatic nitrogens is 3. The van der Waals surface area contributed by atoms with Gasteiger partial charge in [0.1, 0.15) is 11.6 Å². The van der Waals surface area contributed by atoms with Gasteiger partial charge in [0.2, 0.25) is 5.82 Å². The fourth-order valence-electron chi connectivity index (χ4n) is 4.71. The number of hydrogen-bond acceptors (Lipinski definition) is 4. The topological polar surface area (TPSA) is 60.0 Å². The molecule has 4 rings (SSSR count). The Bertz CT molecular complexity index is 889. The Kier molecular flexibility index (Phi) is 5.33. The second-order valence-electron chi connectivity index (χ2n) is 7.90. The third-order valence-corrected chi connectivity index (χ3v) is 6.59. The Hall–Kier alpha value is -1.71. The largest absolute Gasteiger partial charge is 0.451 e. The van der Waals surface area contributed by atoms with Gasteiger partial charge in [-0.25, -0.2) is 4.39 Å². The van der Waals surface area contributed by atoms with Crippen molar-refractivity contribution >= 4 is 11.6 Å². The standard InChI is InChI=1S/C19H22ClF4N5/c20-12-1-2-15(21)14(9-12)18(11-25)5-3-13(4-6-18)28-7-8-29-16(10-28)26-27-17(29)19(22,23)24/h1-2,9,13H,3-8,10-11,25H2/t13-,18-. The number of rotatable bonds is 3. The highest BCUT2D eigenvalue weighted by atomic mass is 35.5. The molecule has 2 aliphatic rings. The van der Waals surface area contributed by atoms with Crippen LogP contribution in [-0.4, -0.2) is 38.8 Å². The molecule has 0 unspecified atom stereocenters. The first kappa shape index (κ1) is 20.6. The molecular weight excluding hydrogens is 410 g/mol. The maximum absolute atomic E-state index is 14.5. The van der Waals surface area contributed by atoms with E-state index in [2.05, 4.69) is 15.1 Å². The van der Waals surface area contributed by atoms with Crippen LogP contribution in [-0.2, 0) is 24.7 Å². The summed E-state index contributed by atoms with van der Waals surface area (Å²) in [5.74, 6) is -0.904. The van der Waals surface area contributed by atoms with Gasteiger partial charge in [-0.1, -0.05) is 11.6 Å². The molecule has 1 aromatic carbocycles. The van der Waals surface area contributed by atoms with E-state index in [-0.39, 0.29) is 18.4 Å². The lowest BCUT2D eigenvalue weighted by Crippen LogP contribution is -2.48. The highest BCUT2D eigenvalue weighted by Crippen LogP contribution is 2.42. The SMILES string of the molecule is NC[C@]1(c2cc(Cl)ccc2F)CC[C@H](N2CCn3c(nnc3C(F)(F)F)C2)CC1. The lowest BCUT2D eigenvalue weighted by molar-refractivity contribution is -0.148. The Morgan fingerprint density at radius 2 is 1.90 bits per heavy atom. The van der Waals surface area contributed by atoms with E-state index >= 15 is 0 Å². The van der Waals surface area contributed by atoms with Gasteiger partial charge in [0.05, 0.1) is 6.54 Å². The molecule has 1 saturated carbocycles. The fraction of sp³-hybridized carbons (Fsp3) is 0.579. The lowest BCUT2D eigenvalue weighted by atomic mass is 9.67. The molecule has 0 amide bonds. The maximum Gasteiger partial charge on any atom is 0.451 e. The van der Waals surface area contributed by atoms with Gasteiger partial charge in [0.25, 0.3) is 0 Å². The molecule has 10 heteroatoms. The summed E-state index contributed by atoms with van der Waals surface area (Å²) in [6.45, 7) is 1.35. The molecule has 2 aromatic rings. The van der Waals surface area contributed by atoms with Crippen LogP contribution in [0.2, 0.25) is 5.02 Å². The van der Waals surface area contributed by atoms with Crippen LogP contribution < -0.4 is 5.73 Å². The molecule has 5 nitrogen and oxygen atoms in total. The van der Waals surface area contributed by atoms with Gasteiger partial charge in [0, 0.05) is 36.1 Å². The zero-order valence-electron chi connectivity index (χ0n) is 15.7. The van der Waals surface area contributed by atoms with E-state index in [1.807, 2.05) is 0 Å². The van der Waals surface area contributed by atoms with Gasteiger partial charge in [-0.2, -0.15) is 13.2 Å². The highest BCUT2D eigenvalue weighted by Gasteiger charge is 2.42. The van der Waals surface area contributed by atoms with Crippen molar-refractivity contribution in [2.24, 2.45) is 5.73 Å². The first-order chi connectivity index (χ1) is 13.7. The number of hydrogen-bond donors (Lipinski definition) is 1. The molecule has 1 fully saturated rings. The Morgan fingerprint density at radius 1 is 1.17 bits per heavy atom. The number of halogens is 5. The first-order valence-electron chi connectivity index (χ1n) is 9.62. The number of nitrogens with zero attached hydrogens (tertiary/aromatic N) is 4. The minimum atomic E-state index is -4.50. The molecule has 29 heavy (non-hydrogen) atoms. The molecule has 2 N–H and O–H groups in total. The van der Waals surface area contributed by atoms with Crippen LogP contribution in [0.4, 0.5) is 17.6 Å². The van der Waals surface area contributed by atoms with Gasteiger partial charge >= 0.3 is 6.18 Å². The summed E-state index contributed by atoms with van der Waals surface area (Å²) in [6, 6.07) is 4.75. The van der Waals surface area contributed by atoms with Crippen LogP contribution in [0.5, 0.6) is 0 Å². The van der Waals surface area contributed by atoms with Gasteiger partial charge < -0.3 is 10.3 Å². The Morgan fingerprint density at radius 3 is 2.55 bits per heavy atom. The van der Waals surface area contributed by atoms with Gasteiger partial charge in [-0.15, -0.1) is 10.2 Å². The van der Waals surface area contributed by atoms with E-state index in [0.717, 1.165) is 17.4 Å². The van der Waals surface area contributed by atoms with Crippen LogP contribution in [0, 0.1) is 5.82 Å². The summed E-state index contributed by atoms with van der Waals surface area (Å²) >= 11 is 6.08. The first-order valence-corrected chi connectivity index (χ1v) is 10.0. The minimum Gasteiger partial charge on any atom is -0.330 e. The summed E-state index contributed by atoms with van der Waals surface area (Å²) in [6.07, 6.45) is -1.54.